The van der Waals surface area contributed by atoms with E-state index in [2.05, 4.69) is 5.32 Å². The highest BCUT2D eigenvalue weighted by Crippen LogP contribution is 2.29. The number of nitrogens with zero attached hydrogens (tertiary/aromatic N) is 1. The van der Waals surface area contributed by atoms with Gasteiger partial charge in [0.15, 0.2) is 0 Å². The molecule has 0 spiro atoms. The summed E-state index contributed by atoms with van der Waals surface area (Å²) < 4.78 is 25.7. The molecular weight excluding hydrogens is 360 g/mol. The number of anilines is 2. The van der Waals surface area contributed by atoms with Crippen molar-refractivity contribution in [1.82, 2.24) is 0 Å². The fourth-order valence-corrected chi connectivity index (χ4v) is 3.52. The van der Waals surface area contributed by atoms with Crippen LogP contribution in [0, 0.1) is 0 Å². The Labute approximate surface area is 153 Å². The zero-order valence-corrected chi connectivity index (χ0v) is 15.9. The minimum Gasteiger partial charge on any atom is -0.323 e. The second-order valence-electron chi connectivity index (χ2n) is 6.01. The number of benzene rings is 2. The molecule has 0 aromatic heterocycles. The van der Waals surface area contributed by atoms with E-state index in [4.69, 9.17) is 11.6 Å². The zero-order chi connectivity index (χ0) is 18.6. The van der Waals surface area contributed by atoms with Gasteiger partial charge in [-0.15, -0.1) is 0 Å². The van der Waals surface area contributed by atoms with Gasteiger partial charge in [0, 0.05) is 0 Å². The minimum absolute atomic E-state index is 0.118. The number of halogens is 1. The molecule has 0 radical (unpaired) electrons. The summed E-state index contributed by atoms with van der Waals surface area (Å²) in [6.07, 6.45) is 1.09. The Bertz CT molecular complexity index is 866. The van der Waals surface area contributed by atoms with Crippen molar-refractivity contribution in [3.05, 3.63) is 59.1 Å². The minimum atomic E-state index is -3.63. The highest BCUT2D eigenvalue weighted by molar-refractivity contribution is 7.92. The monoisotopic (exact) mass is 380 g/mol. The summed E-state index contributed by atoms with van der Waals surface area (Å²) in [6.45, 7) is 3.63. The van der Waals surface area contributed by atoms with Crippen LogP contribution >= 0.6 is 11.6 Å². The van der Waals surface area contributed by atoms with Crippen LogP contribution in [0.2, 0.25) is 5.02 Å². The molecule has 5 nitrogen and oxygen atoms in total. The Balaban J connectivity index is 2.31. The lowest BCUT2D eigenvalue weighted by molar-refractivity contribution is -0.114. The Morgan fingerprint density at radius 3 is 2.32 bits per heavy atom. The zero-order valence-electron chi connectivity index (χ0n) is 14.4. The first-order valence-electron chi connectivity index (χ1n) is 7.81. The van der Waals surface area contributed by atoms with Crippen molar-refractivity contribution in [2.75, 3.05) is 22.4 Å². The van der Waals surface area contributed by atoms with E-state index in [1.54, 1.807) is 36.4 Å². The van der Waals surface area contributed by atoms with Gasteiger partial charge in [-0.1, -0.05) is 55.8 Å². The van der Waals surface area contributed by atoms with Gasteiger partial charge in [0.1, 0.15) is 6.54 Å². The normalized spacial score (nSPS) is 11.4. The largest absolute Gasteiger partial charge is 0.323 e. The number of para-hydroxylation sites is 2. The summed E-state index contributed by atoms with van der Waals surface area (Å²) in [5.41, 5.74) is 1.81. The molecule has 7 heteroatoms. The third-order valence-electron chi connectivity index (χ3n) is 3.66. The van der Waals surface area contributed by atoms with Gasteiger partial charge in [-0.25, -0.2) is 8.42 Å². The highest BCUT2D eigenvalue weighted by atomic mass is 35.5. The van der Waals surface area contributed by atoms with Gasteiger partial charge >= 0.3 is 0 Å². The van der Waals surface area contributed by atoms with Crippen LogP contribution < -0.4 is 9.62 Å². The SMILES string of the molecule is CC(C)c1ccccc1N(CC(=O)Nc1ccccc1Cl)S(C)(=O)=O. The van der Waals surface area contributed by atoms with Crippen molar-refractivity contribution >= 4 is 38.9 Å². The number of sulfonamides is 1. The number of hydrogen-bond donors (Lipinski definition) is 1. The molecule has 25 heavy (non-hydrogen) atoms. The van der Waals surface area contributed by atoms with Crippen molar-refractivity contribution < 1.29 is 13.2 Å². The maximum Gasteiger partial charge on any atom is 0.245 e. The van der Waals surface area contributed by atoms with Crippen LogP contribution in [0.25, 0.3) is 0 Å². The van der Waals surface area contributed by atoms with E-state index in [1.807, 2.05) is 26.0 Å². The Morgan fingerprint density at radius 2 is 1.72 bits per heavy atom. The highest BCUT2D eigenvalue weighted by Gasteiger charge is 2.24. The molecule has 0 aliphatic heterocycles. The summed E-state index contributed by atoms with van der Waals surface area (Å²) in [5.74, 6) is -0.343. The molecule has 134 valence electrons. The maximum atomic E-state index is 12.4. The number of hydrogen-bond acceptors (Lipinski definition) is 3. The molecule has 0 heterocycles. The standard InChI is InChI=1S/C18H21ClN2O3S/c1-13(2)14-8-4-7-11-17(14)21(25(3,23)24)12-18(22)20-16-10-6-5-9-15(16)19/h4-11,13H,12H2,1-3H3,(H,20,22). The molecule has 0 aliphatic rings. The molecule has 0 fully saturated rings. The fraction of sp³-hybridized carbons (Fsp3) is 0.278. The predicted octanol–water partition coefficient (Wildman–Crippen LogP) is 3.87. The molecule has 2 aromatic carbocycles. The first-order valence-corrected chi connectivity index (χ1v) is 10.0. The predicted molar refractivity (Wildman–Crippen MR) is 103 cm³/mol. The molecule has 0 unspecified atom stereocenters. The average molecular weight is 381 g/mol. The lowest BCUT2D eigenvalue weighted by Gasteiger charge is -2.25. The maximum absolute atomic E-state index is 12.4. The Kier molecular flexibility index (Phi) is 6.08. The van der Waals surface area contributed by atoms with E-state index >= 15 is 0 Å². The van der Waals surface area contributed by atoms with Gasteiger partial charge in [0.25, 0.3) is 0 Å². The first kappa shape index (κ1) is 19.3. The van der Waals surface area contributed by atoms with Gasteiger partial charge in [0.2, 0.25) is 15.9 Å². The molecule has 2 rings (SSSR count). The molecular formula is C18H21ClN2O3S. The summed E-state index contributed by atoms with van der Waals surface area (Å²) in [7, 11) is -3.63. The van der Waals surface area contributed by atoms with Gasteiger partial charge < -0.3 is 5.32 Å². The molecule has 0 atom stereocenters. The van der Waals surface area contributed by atoms with E-state index in [-0.39, 0.29) is 12.5 Å². The summed E-state index contributed by atoms with van der Waals surface area (Å²) in [6, 6.07) is 14.0. The lowest BCUT2D eigenvalue weighted by Crippen LogP contribution is -2.38. The molecule has 1 amide bonds. The first-order chi connectivity index (χ1) is 11.7. The molecule has 2 aromatic rings. The topological polar surface area (TPSA) is 66.5 Å². The van der Waals surface area contributed by atoms with Crippen molar-refractivity contribution in [3.8, 4) is 0 Å². The molecule has 0 bridgehead atoms. The number of amides is 1. The van der Waals surface area contributed by atoms with Crippen LogP contribution in [0.4, 0.5) is 11.4 Å². The lowest BCUT2D eigenvalue weighted by atomic mass is 10.0. The van der Waals surface area contributed by atoms with Gasteiger partial charge in [-0.3, -0.25) is 9.10 Å². The number of carbonyl (C=O) groups is 1. The fourth-order valence-electron chi connectivity index (χ4n) is 2.47. The van der Waals surface area contributed by atoms with E-state index in [0.29, 0.717) is 16.4 Å². The number of nitrogens with one attached hydrogen (secondary N) is 1. The summed E-state index contributed by atoms with van der Waals surface area (Å²) in [5, 5.41) is 3.05. The molecule has 1 N–H and O–H groups in total. The van der Waals surface area contributed by atoms with Crippen molar-refractivity contribution in [2.24, 2.45) is 0 Å². The summed E-state index contributed by atoms with van der Waals surface area (Å²) >= 11 is 6.03. The second kappa shape index (κ2) is 7.89. The van der Waals surface area contributed by atoms with Crippen LogP contribution in [-0.4, -0.2) is 27.1 Å². The Hall–Kier alpha value is -2.05. The third kappa shape index (κ3) is 4.96. The van der Waals surface area contributed by atoms with Crippen LogP contribution in [0.1, 0.15) is 25.3 Å². The molecule has 0 saturated heterocycles. The van der Waals surface area contributed by atoms with E-state index < -0.39 is 15.9 Å². The van der Waals surface area contributed by atoms with Gasteiger partial charge in [-0.2, -0.15) is 0 Å². The second-order valence-corrected chi connectivity index (χ2v) is 8.33. The van der Waals surface area contributed by atoms with Gasteiger partial charge in [-0.05, 0) is 29.7 Å². The van der Waals surface area contributed by atoms with Crippen LogP contribution in [0.15, 0.2) is 48.5 Å². The van der Waals surface area contributed by atoms with Crippen LogP contribution in [-0.2, 0) is 14.8 Å². The van der Waals surface area contributed by atoms with E-state index in [0.717, 1.165) is 16.1 Å². The van der Waals surface area contributed by atoms with Crippen LogP contribution in [0.5, 0.6) is 0 Å². The smallest absolute Gasteiger partial charge is 0.245 e. The Morgan fingerprint density at radius 1 is 1.12 bits per heavy atom. The number of rotatable bonds is 6. The number of carbonyl (C=O) groups excluding carboxylic acids is 1. The molecule has 0 saturated carbocycles. The third-order valence-corrected chi connectivity index (χ3v) is 5.12. The van der Waals surface area contributed by atoms with E-state index in [9.17, 15) is 13.2 Å². The quantitative estimate of drug-likeness (QED) is 0.827. The van der Waals surface area contributed by atoms with Crippen molar-refractivity contribution in [3.63, 3.8) is 0 Å². The van der Waals surface area contributed by atoms with Crippen molar-refractivity contribution in [1.29, 1.82) is 0 Å². The summed E-state index contributed by atoms with van der Waals surface area (Å²) in [4.78, 5) is 12.4. The van der Waals surface area contributed by atoms with Gasteiger partial charge in [0.05, 0.1) is 22.7 Å². The molecule has 0 aliphatic carbocycles. The average Bonchev–Trinajstić information content (AvgIpc) is 2.54. The van der Waals surface area contributed by atoms with Crippen molar-refractivity contribution in [2.45, 2.75) is 19.8 Å². The van der Waals surface area contributed by atoms with E-state index in [1.165, 1.54) is 0 Å². The van der Waals surface area contributed by atoms with Crippen LogP contribution in [0.3, 0.4) is 0 Å².